The molecule has 0 aromatic heterocycles. The molecule has 1 fully saturated rings. The Morgan fingerprint density at radius 3 is 2.12 bits per heavy atom. The van der Waals surface area contributed by atoms with Crippen molar-refractivity contribution in [2.24, 2.45) is 5.92 Å². The number of piperidine rings is 1. The minimum Gasteiger partial charge on any atom is -0.473 e. The van der Waals surface area contributed by atoms with Crippen molar-refractivity contribution in [1.82, 2.24) is 9.80 Å². The van der Waals surface area contributed by atoms with E-state index in [-0.39, 0.29) is 5.92 Å². The third-order valence-electron chi connectivity index (χ3n) is 5.92. The Labute approximate surface area is 202 Å². The molecule has 1 saturated heterocycles. The van der Waals surface area contributed by atoms with Crippen molar-refractivity contribution < 1.29 is 24.6 Å². The molecule has 0 spiro atoms. The fraction of sp³-hybridized carbons (Fsp3) is 0.444. The van der Waals surface area contributed by atoms with E-state index in [4.69, 9.17) is 19.8 Å². The van der Waals surface area contributed by atoms with Crippen LogP contribution in [0.4, 0.5) is 0 Å². The van der Waals surface area contributed by atoms with Gasteiger partial charge in [-0.3, -0.25) is 9.69 Å². The van der Waals surface area contributed by atoms with Crippen LogP contribution in [0.1, 0.15) is 49.3 Å². The molecule has 0 unspecified atom stereocenters. The first-order chi connectivity index (χ1) is 16.3. The number of carbonyl (C=O) groups is 3. The molecule has 184 valence electrons. The number of carboxylic acids is 2. The van der Waals surface area contributed by atoms with Crippen LogP contribution in [0.25, 0.3) is 0 Å². The molecule has 0 bridgehead atoms. The van der Waals surface area contributed by atoms with Gasteiger partial charge in [0.15, 0.2) is 0 Å². The van der Waals surface area contributed by atoms with E-state index < -0.39 is 11.9 Å². The molecule has 1 heterocycles. The van der Waals surface area contributed by atoms with Crippen LogP contribution in [0.5, 0.6) is 0 Å². The monoisotopic (exact) mass is 468 g/mol. The van der Waals surface area contributed by atoms with Crippen molar-refractivity contribution in [3.05, 3.63) is 71.3 Å². The summed E-state index contributed by atoms with van der Waals surface area (Å²) in [6, 6.07) is 19.1. The maximum atomic E-state index is 13.2. The van der Waals surface area contributed by atoms with Crippen LogP contribution < -0.4 is 0 Å². The zero-order chi connectivity index (χ0) is 24.9. The van der Waals surface area contributed by atoms with Crippen LogP contribution in [-0.2, 0) is 27.5 Å². The summed E-state index contributed by atoms with van der Waals surface area (Å²) < 4.78 is 0. The van der Waals surface area contributed by atoms with Gasteiger partial charge < -0.3 is 15.1 Å². The average Bonchev–Trinajstić information content (AvgIpc) is 2.83. The normalized spacial score (nSPS) is 14.1. The van der Waals surface area contributed by atoms with Crippen LogP contribution >= 0.6 is 0 Å². The molecule has 3 rings (SSSR count). The van der Waals surface area contributed by atoms with Crippen molar-refractivity contribution in [1.29, 1.82) is 0 Å². The van der Waals surface area contributed by atoms with Crippen LogP contribution in [0.15, 0.2) is 54.6 Å². The molecule has 7 nitrogen and oxygen atoms in total. The van der Waals surface area contributed by atoms with Crippen LogP contribution in [0, 0.1) is 12.8 Å². The van der Waals surface area contributed by atoms with E-state index in [1.807, 2.05) is 6.07 Å². The van der Waals surface area contributed by atoms with Gasteiger partial charge in [-0.25, -0.2) is 9.59 Å². The van der Waals surface area contributed by atoms with E-state index in [1.165, 1.54) is 16.7 Å². The number of nitrogens with zero attached hydrogens (tertiary/aromatic N) is 2. The molecule has 2 aromatic rings. The number of aliphatic carboxylic acids is 2. The predicted molar refractivity (Wildman–Crippen MR) is 131 cm³/mol. The molecular weight excluding hydrogens is 432 g/mol. The molecule has 34 heavy (non-hydrogen) atoms. The second-order valence-corrected chi connectivity index (χ2v) is 8.75. The van der Waals surface area contributed by atoms with Crippen molar-refractivity contribution in [2.75, 3.05) is 19.6 Å². The Morgan fingerprint density at radius 2 is 1.56 bits per heavy atom. The van der Waals surface area contributed by atoms with Gasteiger partial charge in [0, 0.05) is 25.6 Å². The van der Waals surface area contributed by atoms with Gasteiger partial charge in [-0.15, -0.1) is 0 Å². The number of benzene rings is 2. The molecule has 2 N–H and O–H groups in total. The summed E-state index contributed by atoms with van der Waals surface area (Å²) in [6.07, 6.45) is 4.14. The second kappa shape index (κ2) is 14.2. The lowest BCUT2D eigenvalue weighted by molar-refractivity contribution is -0.159. The number of hydrogen-bond acceptors (Lipinski definition) is 4. The molecule has 0 saturated carbocycles. The Hall–Kier alpha value is -3.19. The number of carbonyl (C=O) groups excluding carboxylic acids is 1. The number of hydrogen-bond donors (Lipinski definition) is 2. The van der Waals surface area contributed by atoms with E-state index in [2.05, 4.69) is 72.2 Å². The quantitative estimate of drug-likeness (QED) is 0.564. The zero-order valence-corrected chi connectivity index (χ0v) is 20.2. The van der Waals surface area contributed by atoms with Crippen molar-refractivity contribution in [3.63, 3.8) is 0 Å². The van der Waals surface area contributed by atoms with E-state index in [9.17, 15) is 4.79 Å². The summed E-state index contributed by atoms with van der Waals surface area (Å²) in [5.41, 5.74) is 3.91. The number of carboxylic acid groups (broad SMARTS) is 2. The number of unbranched alkanes of at least 4 members (excludes halogenated alkanes) is 1. The Balaban J connectivity index is 0.000000604. The van der Waals surface area contributed by atoms with E-state index in [1.54, 1.807) is 0 Å². The lowest BCUT2D eigenvalue weighted by Gasteiger charge is -2.34. The van der Waals surface area contributed by atoms with Gasteiger partial charge in [-0.2, -0.15) is 0 Å². The summed E-state index contributed by atoms with van der Waals surface area (Å²) in [5, 5.41) is 14.8. The number of amides is 1. The lowest BCUT2D eigenvalue weighted by atomic mass is 9.94. The standard InChI is InChI=1S/C25H34N2O.C2H2O4/c1-3-4-15-27(20-22-10-6-5-7-11-22)25(28)24-13-16-26(17-14-24)19-23-12-8-9-21(2)18-23;3-1(4)2(5)6/h5-12,18,24H,3-4,13-17,19-20H2,1-2H3;(H,3,4)(H,5,6). The van der Waals surface area contributed by atoms with Crippen molar-refractivity contribution in [2.45, 2.75) is 52.6 Å². The van der Waals surface area contributed by atoms with Gasteiger partial charge in [0.05, 0.1) is 0 Å². The third kappa shape index (κ3) is 9.35. The molecule has 0 aliphatic carbocycles. The number of likely N-dealkylation sites (tertiary alicyclic amines) is 1. The topological polar surface area (TPSA) is 98.2 Å². The molecule has 0 radical (unpaired) electrons. The van der Waals surface area contributed by atoms with Gasteiger partial charge in [0.2, 0.25) is 5.91 Å². The van der Waals surface area contributed by atoms with E-state index in [0.717, 1.165) is 58.4 Å². The first-order valence-electron chi connectivity index (χ1n) is 11.9. The third-order valence-corrected chi connectivity index (χ3v) is 5.92. The highest BCUT2D eigenvalue weighted by Gasteiger charge is 2.28. The fourth-order valence-corrected chi connectivity index (χ4v) is 4.08. The first-order valence-corrected chi connectivity index (χ1v) is 11.9. The highest BCUT2D eigenvalue weighted by molar-refractivity contribution is 6.27. The van der Waals surface area contributed by atoms with Gasteiger partial charge >= 0.3 is 11.9 Å². The SMILES string of the molecule is CCCCN(Cc1ccccc1)C(=O)C1CCN(Cc2cccc(C)c2)CC1.O=C(O)C(=O)O. The smallest absolute Gasteiger partial charge is 0.414 e. The van der Waals surface area contributed by atoms with E-state index in [0.29, 0.717) is 5.91 Å². The number of rotatable bonds is 8. The maximum absolute atomic E-state index is 13.2. The van der Waals surface area contributed by atoms with Gasteiger partial charge in [-0.05, 0) is 50.4 Å². The van der Waals surface area contributed by atoms with Crippen LogP contribution in [-0.4, -0.2) is 57.5 Å². The molecule has 1 amide bonds. The van der Waals surface area contributed by atoms with Gasteiger partial charge in [0.25, 0.3) is 0 Å². The summed E-state index contributed by atoms with van der Waals surface area (Å²) in [7, 11) is 0. The average molecular weight is 469 g/mol. The maximum Gasteiger partial charge on any atom is 0.414 e. The largest absolute Gasteiger partial charge is 0.473 e. The Morgan fingerprint density at radius 1 is 0.941 bits per heavy atom. The van der Waals surface area contributed by atoms with Crippen molar-refractivity contribution >= 4 is 17.8 Å². The minimum atomic E-state index is -1.82. The van der Waals surface area contributed by atoms with Crippen molar-refractivity contribution in [3.8, 4) is 0 Å². The first kappa shape index (κ1) is 27.1. The zero-order valence-electron chi connectivity index (χ0n) is 20.2. The Kier molecular flexibility index (Phi) is 11.3. The molecule has 1 aliphatic rings. The molecule has 2 aromatic carbocycles. The number of aryl methyl sites for hydroxylation is 1. The summed E-state index contributed by atoms with van der Waals surface area (Å²) in [5.74, 6) is -3.12. The highest BCUT2D eigenvalue weighted by atomic mass is 16.4. The molecule has 1 aliphatic heterocycles. The van der Waals surface area contributed by atoms with E-state index >= 15 is 0 Å². The summed E-state index contributed by atoms with van der Waals surface area (Å²) >= 11 is 0. The second-order valence-electron chi connectivity index (χ2n) is 8.75. The van der Waals surface area contributed by atoms with Crippen LogP contribution in [0.2, 0.25) is 0 Å². The summed E-state index contributed by atoms with van der Waals surface area (Å²) in [4.78, 5) is 36.0. The lowest BCUT2D eigenvalue weighted by Crippen LogP contribution is -2.42. The molecule has 7 heteroatoms. The van der Waals surface area contributed by atoms with Gasteiger partial charge in [-0.1, -0.05) is 73.5 Å². The van der Waals surface area contributed by atoms with Gasteiger partial charge in [0.1, 0.15) is 0 Å². The summed E-state index contributed by atoms with van der Waals surface area (Å²) in [6.45, 7) is 8.96. The predicted octanol–water partition coefficient (Wildman–Crippen LogP) is 4.19. The highest BCUT2D eigenvalue weighted by Crippen LogP contribution is 2.23. The minimum absolute atomic E-state index is 0.175. The molecular formula is C27H36N2O5. The van der Waals surface area contributed by atoms with Crippen LogP contribution in [0.3, 0.4) is 0 Å². The fourth-order valence-electron chi connectivity index (χ4n) is 4.08. The molecule has 0 atom stereocenters. The Bertz CT molecular complexity index is 912.